The summed E-state index contributed by atoms with van der Waals surface area (Å²) in [7, 11) is 0. The van der Waals surface area contributed by atoms with Crippen molar-refractivity contribution in [1.29, 1.82) is 0 Å². The fourth-order valence-corrected chi connectivity index (χ4v) is 2.24. The first-order chi connectivity index (χ1) is 8.94. The Bertz CT molecular complexity index is 335. The van der Waals surface area contributed by atoms with Crippen LogP contribution in [0.3, 0.4) is 0 Å². The second-order valence-electron chi connectivity index (χ2n) is 5.30. The van der Waals surface area contributed by atoms with E-state index in [9.17, 15) is 19.8 Å². The fourth-order valence-electron chi connectivity index (χ4n) is 2.24. The van der Waals surface area contributed by atoms with Gasteiger partial charge in [-0.3, -0.25) is 0 Å². The first-order valence-electron chi connectivity index (χ1n) is 6.87. The largest absolute Gasteiger partial charge is 0.480 e. The smallest absolute Gasteiger partial charge is 0.329 e. The number of carbonyl (C=O) groups excluding carboxylic acids is 1. The first kappa shape index (κ1) is 15.8. The zero-order chi connectivity index (χ0) is 14.5. The molecule has 0 bridgehead atoms. The van der Waals surface area contributed by atoms with Crippen LogP contribution in [0.25, 0.3) is 0 Å². The van der Waals surface area contributed by atoms with Gasteiger partial charge in [-0.15, -0.1) is 0 Å². The van der Waals surface area contributed by atoms with Gasteiger partial charge in [0.1, 0.15) is 5.54 Å². The number of hydrogen-bond acceptors (Lipinski definition) is 3. The Labute approximate surface area is 113 Å². The minimum absolute atomic E-state index is 0.0800. The Morgan fingerprint density at radius 3 is 2.58 bits per heavy atom. The lowest BCUT2D eigenvalue weighted by Gasteiger charge is -2.33. The highest BCUT2D eigenvalue weighted by Gasteiger charge is 2.35. The predicted octanol–water partition coefficient (Wildman–Crippen LogP) is 1.19. The maximum Gasteiger partial charge on any atom is 0.329 e. The van der Waals surface area contributed by atoms with E-state index >= 15 is 0 Å². The van der Waals surface area contributed by atoms with Crippen molar-refractivity contribution in [1.82, 2.24) is 10.2 Å². The molecular formula is C13H24N2O4. The average Bonchev–Trinajstić information content (AvgIpc) is 2.63. The highest BCUT2D eigenvalue weighted by molar-refractivity contribution is 5.86. The molecule has 1 aliphatic heterocycles. The van der Waals surface area contributed by atoms with Crippen molar-refractivity contribution in [3.63, 3.8) is 0 Å². The third-order valence-electron chi connectivity index (χ3n) is 3.91. The fraction of sp³-hybridized carbons (Fsp3) is 0.846. The zero-order valence-electron chi connectivity index (χ0n) is 11.7. The lowest BCUT2D eigenvalue weighted by Crippen LogP contribution is -2.58. The van der Waals surface area contributed by atoms with E-state index in [2.05, 4.69) is 5.32 Å². The van der Waals surface area contributed by atoms with E-state index in [4.69, 9.17) is 0 Å². The number of aliphatic hydroxyl groups is 1. The Morgan fingerprint density at radius 1 is 1.37 bits per heavy atom. The number of aliphatic hydroxyl groups excluding tert-OH is 1. The average molecular weight is 272 g/mol. The van der Waals surface area contributed by atoms with Gasteiger partial charge in [-0.05, 0) is 26.2 Å². The normalized spacial score (nSPS) is 23.3. The highest BCUT2D eigenvalue weighted by Crippen LogP contribution is 2.18. The summed E-state index contributed by atoms with van der Waals surface area (Å²) in [5.41, 5.74) is -1.26. The molecule has 110 valence electrons. The molecule has 2 atom stereocenters. The maximum atomic E-state index is 12.2. The van der Waals surface area contributed by atoms with Crippen LogP contribution in [0.2, 0.25) is 0 Å². The monoisotopic (exact) mass is 272 g/mol. The first-order valence-corrected chi connectivity index (χ1v) is 6.87. The van der Waals surface area contributed by atoms with Gasteiger partial charge in [0.15, 0.2) is 0 Å². The lowest BCUT2D eigenvalue weighted by molar-refractivity contribution is -0.143. The van der Waals surface area contributed by atoms with Gasteiger partial charge in [-0.2, -0.15) is 0 Å². The summed E-state index contributed by atoms with van der Waals surface area (Å²) in [5, 5.41) is 21.1. The Morgan fingerprint density at radius 2 is 2.05 bits per heavy atom. The molecule has 1 saturated heterocycles. The van der Waals surface area contributed by atoms with Gasteiger partial charge in [0.2, 0.25) is 0 Å². The molecule has 6 nitrogen and oxygen atoms in total. The minimum atomic E-state index is -1.26. The molecule has 1 aliphatic rings. The van der Waals surface area contributed by atoms with Gasteiger partial charge in [-0.25, -0.2) is 9.59 Å². The minimum Gasteiger partial charge on any atom is -0.480 e. The van der Waals surface area contributed by atoms with E-state index in [0.717, 1.165) is 25.7 Å². The van der Waals surface area contributed by atoms with Crippen molar-refractivity contribution in [3.8, 4) is 0 Å². The van der Waals surface area contributed by atoms with Crippen molar-refractivity contribution in [2.45, 2.75) is 57.5 Å². The Hall–Kier alpha value is -1.30. The second-order valence-corrected chi connectivity index (χ2v) is 5.30. The molecular weight excluding hydrogens is 248 g/mol. The second kappa shape index (κ2) is 6.75. The van der Waals surface area contributed by atoms with Crippen molar-refractivity contribution in [3.05, 3.63) is 0 Å². The topological polar surface area (TPSA) is 89.9 Å². The van der Waals surface area contributed by atoms with Crippen LogP contribution in [0.1, 0.15) is 46.0 Å². The van der Waals surface area contributed by atoms with Gasteiger partial charge in [0.25, 0.3) is 0 Å². The molecule has 3 N–H and O–H groups in total. The number of likely N-dealkylation sites (tertiary alicyclic amines) is 1. The molecule has 0 aliphatic carbocycles. The number of carboxylic acids is 1. The third-order valence-corrected chi connectivity index (χ3v) is 3.91. The third kappa shape index (κ3) is 3.83. The quantitative estimate of drug-likeness (QED) is 0.717. The molecule has 2 unspecified atom stereocenters. The van der Waals surface area contributed by atoms with Crippen molar-refractivity contribution >= 4 is 12.0 Å². The van der Waals surface area contributed by atoms with Gasteiger partial charge in [0, 0.05) is 6.54 Å². The summed E-state index contributed by atoms with van der Waals surface area (Å²) in [4.78, 5) is 25.0. The number of nitrogens with one attached hydrogen (secondary N) is 1. The molecule has 19 heavy (non-hydrogen) atoms. The number of carbonyl (C=O) groups is 2. The highest BCUT2D eigenvalue weighted by atomic mass is 16.4. The van der Waals surface area contributed by atoms with Gasteiger partial charge in [-0.1, -0.05) is 19.8 Å². The Balaban J connectivity index is 2.76. The van der Waals surface area contributed by atoms with E-state index in [-0.39, 0.29) is 12.6 Å². The molecule has 0 saturated carbocycles. The molecule has 1 rings (SSSR count). The number of rotatable bonds is 4. The van der Waals surface area contributed by atoms with Crippen molar-refractivity contribution < 1.29 is 19.8 Å². The van der Waals surface area contributed by atoms with Crippen molar-refractivity contribution in [2.24, 2.45) is 0 Å². The molecule has 0 aromatic heterocycles. The standard InChI is InChI=1S/C13H24N2O4/c1-3-13(2,11(17)18)14-12(19)15-8-6-4-5-7-10(15)9-16/h10,16H,3-9H2,1-2H3,(H,14,19)(H,17,18). The molecule has 0 aromatic rings. The van der Waals surface area contributed by atoms with E-state index in [1.54, 1.807) is 11.8 Å². The molecule has 2 amide bonds. The number of urea groups is 1. The summed E-state index contributed by atoms with van der Waals surface area (Å²) < 4.78 is 0. The van der Waals surface area contributed by atoms with E-state index in [1.165, 1.54) is 6.92 Å². The van der Waals surface area contributed by atoms with Crippen LogP contribution in [-0.4, -0.2) is 51.8 Å². The van der Waals surface area contributed by atoms with Crippen LogP contribution >= 0.6 is 0 Å². The van der Waals surface area contributed by atoms with Crippen LogP contribution in [0.5, 0.6) is 0 Å². The molecule has 1 heterocycles. The van der Waals surface area contributed by atoms with Crippen molar-refractivity contribution in [2.75, 3.05) is 13.2 Å². The van der Waals surface area contributed by atoms with Crippen LogP contribution < -0.4 is 5.32 Å². The lowest BCUT2D eigenvalue weighted by atomic mass is 9.99. The summed E-state index contributed by atoms with van der Waals surface area (Å²) in [6.45, 7) is 3.71. The SMILES string of the molecule is CCC(C)(NC(=O)N1CCCCCC1CO)C(=O)O. The van der Waals surface area contributed by atoms with E-state index in [0.29, 0.717) is 13.0 Å². The number of amides is 2. The summed E-state index contributed by atoms with van der Waals surface area (Å²) in [6, 6.07) is -0.606. The molecule has 0 aromatic carbocycles. The molecule has 0 radical (unpaired) electrons. The van der Waals surface area contributed by atoms with E-state index < -0.39 is 17.5 Å². The zero-order valence-corrected chi connectivity index (χ0v) is 11.7. The van der Waals surface area contributed by atoms with Gasteiger partial charge in [0.05, 0.1) is 12.6 Å². The number of carboxylic acid groups (broad SMARTS) is 1. The van der Waals surface area contributed by atoms with Crippen LogP contribution in [0.15, 0.2) is 0 Å². The maximum absolute atomic E-state index is 12.2. The molecule has 6 heteroatoms. The number of hydrogen-bond donors (Lipinski definition) is 3. The van der Waals surface area contributed by atoms with Gasteiger partial charge >= 0.3 is 12.0 Å². The number of nitrogens with zero attached hydrogens (tertiary/aromatic N) is 1. The molecule has 1 fully saturated rings. The summed E-state index contributed by atoms with van der Waals surface area (Å²) in [5.74, 6) is -1.04. The Kier molecular flexibility index (Phi) is 5.60. The summed E-state index contributed by atoms with van der Waals surface area (Å²) in [6.07, 6.45) is 3.98. The van der Waals surface area contributed by atoms with Crippen LogP contribution in [0, 0.1) is 0 Å². The number of aliphatic carboxylic acids is 1. The summed E-state index contributed by atoms with van der Waals surface area (Å²) >= 11 is 0. The molecule has 0 spiro atoms. The van der Waals surface area contributed by atoms with Gasteiger partial charge < -0.3 is 20.4 Å². The van der Waals surface area contributed by atoms with E-state index in [1.807, 2.05) is 0 Å². The van der Waals surface area contributed by atoms with Crippen LogP contribution in [0.4, 0.5) is 4.79 Å². The van der Waals surface area contributed by atoms with Crippen LogP contribution in [-0.2, 0) is 4.79 Å². The predicted molar refractivity (Wildman–Crippen MR) is 70.9 cm³/mol.